The summed E-state index contributed by atoms with van der Waals surface area (Å²) in [4.78, 5) is 10.1. The molecule has 0 saturated heterocycles. The predicted octanol–water partition coefficient (Wildman–Crippen LogP) is 4.17. The first-order chi connectivity index (χ1) is 9.47. The van der Waals surface area contributed by atoms with Gasteiger partial charge in [-0.2, -0.15) is 0 Å². The maximum atomic E-state index is 10.6. The number of rotatable bonds is 4. The molecule has 0 amide bonds. The molecule has 0 spiro atoms. The summed E-state index contributed by atoms with van der Waals surface area (Å²) in [5, 5.41) is 10.6. The van der Waals surface area contributed by atoms with Crippen LogP contribution >= 0.6 is 15.9 Å². The van der Waals surface area contributed by atoms with E-state index in [0.717, 1.165) is 10.0 Å². The lowest BCUT2D eigenvalue weighted by Crippen LogP contribution is -2.05. The molecular weight excluding hydrogens is 324 g/mol. The van der Waals surface area contributed by atoms with Crippen LogP contribution in [-0.4, -0.2) is 4.92 Å². The van der Waals surface area contributed by atoms with Gasteiger partial charge in [-0.1, -0.05) is 22.0 Å². The van der Waals surface area contributed by atoms with Gasteiger partial charge in [-0.15, -0.1) is 0 Å². The van der Waals surface area contributed by atoms with Gasteiger partial charge >= 0.3 is 0 Å². The van der Waals surface area contributed by atoms with Crippen LogP contribution in [0.3, 0.4) is 0 Å². The molecule has 0 aliphatic carbocycles. The average Bonchev–Trinajstić information content (AvgIpc) is 2.39. The fraction of sp³-hybridized carbons (Fsp3) is 0.143. The number of nitro benzene ring substituents is 1. The van der Waals surface area contributed by atoms with Crippen LogP contribution in [0.2, 0.25) is 0 Å². The minimum Gasteiger partial charge on any atom is -0.457 e. The van der Waals surface area contributed by atoms with Crippen LogP contribution in [0.4, 0.5) is 5.69 Å². The largest absolute Gasteiger partial charge is 0.457 e. The molecule has 0 aliphatic rings. The summed E-state index contributed by atoms with van der Waals surface area (Å²) in [5.74, 6) is 1.17. The second-order valence-corrected chi connectivity index (χ2v) is 5.18. The molecule has 0 radical (unpaired) electrons. The highest BCUT2D eigenvalue weighted by Crippen LogP contribution is 2.30. The Morgan fingerprint density at radius 3 is 2.30 bits per heavy atom. The van der Waals surface area contributed by atoms with Gasteiger partial charge in [0.15, 0.2) is 0 Å². The van der Waals surface area contributed by atoms with Crippen molar-refractivity contribution in [1.29, 1.82) is 0 Å². The molecule has 1 atom stereocenters. The fourth-order valence-corrected chi connectivity index (χ4v) is 2.43. The molecule has 20 heavy (non-hydrogen) atoms. The molecule has 0 saturated carbocycles. The molecule has 5 nitrogen and oxygen atoms in total. The summed E-state index contributed by atoms with van der Waals surface area (Å²) >= 11 is 3.44. The van der Waals surface area contributed by atoms with Crippen molar-refractivity contribution >= 4 is 21.6 Å². The van der Waals surface area contributed by atoms with Gasteiger partial charge in [0.05, 0.1) is 4.92 Å². The molecule has 0 fully saturated rings. The van der Waals surface area contributed by atoms with Crippen molar-refractivity contribution < 1.29 is 9.66 Å². The van der Waals surface area contributed by atoms with E-state index in [-0.39, 0.29) is 11.7 Å². The van der Waals surface area contributed by atoms with Gasteiger partial charge in [0.25, 0.3) is 5.69 Å². The van der Waals surface area contributed by atoms with E-state index in [4.69, 9.17) is 10.5 Å². The van der Waals surface area contributed by atoms with Gasteiger partial charge in [0.1, 0.15) is 11.5 Å². The maximum absolute atomic E-state index is 10.6. The van der Waals surface area contributed by atoms with Gasteiger partial charge in [-0.3, -0.25) is 10.1 Å². The van der Waals surface area contributed by atoms with Crippen molar-refractivity contribution in [2.45, 2.75) is 13.0 Å². The molecule has 104 valence electrons. The Kier molecular flexibility index (Phi) is 4.36. The Morgan fingerprint density at radius 2 is 1.80 bits per heavy atom. The van der Waals surface area contributed by atoms with Crippen molar-refractivity contribution in [3.05, 3.63) is 62.6 Å². The third-order valence-electron chi connectivity index (χ3n) is 2.75. The summed E-state index contributed by atoms with van der Waals surface area (Å²) < 4.78 is 6.50. The second-order valence-electron chi connectivity index (χ2n) is 4.33. The molecule has 0 aliphatic heterocycles. The van der Waals surface area contributed by atoms with E-state index in [1.54, 1.807) is 12.1 Å². The van der Waals surface area contributed by atoms with E-state index in [1.165, 1.54) is 12.1 Å². The molecule has 6 heteroatoms. The third kappa shape index (κ3) is 3.34. The number of nitrogens with zero attached hydrogens (tertiary/aromatic N) is 1. The van der Waals surface area contributed by atoms with E-state index in [9.17, 15) is 10.1 Å². The van der Waals surface area contributed by atoms with Crippen molar-refractivity contribution in [1.82, 2.24) is 0 Å². The highest BCUT2D eigenvalue weighted by Gasteiger charge is 2.08. The molecular formula is C14H13BrN2O3. The number of benzene rings is 2. The van der Waals surface area contributed by atoms with Crippen LogP contribution in [0.1, 0.15) is 18.5 Å². The first-order valence-electron chi connectivity index (χ1n) is 5.94. The van der Waals surface area contributed by atoms with E-state index in [0.29, 0.717) is 11.5 Å². The highest BCUT2D eigenvalue weighted by atomic mass is 79.9. The van der Waals surface area contributed by atoms with E-state index in [2.05, 4.69) is 15.9 Å². The molecule has 2 N–H and O–H groups in total. The fourth-order valence-electron chi connectivity index (χ4n) is 1.71. The standard InChI is InChI=1S/C14H13BrN2O3/c1-9(16)13-7-6-12(8-14(13)15)20-11-4-2-10(3-5-11)17(18)19/h2-9H,16H2,1H3/t9-/m1/s1. The molecule has 2 aromatic rings. The van der Waals surface area contributed by atoms with Crippen LogP contribution in [-0.2, 0) is 0 Å². The molecule has 0 aromatic heterocycles. The van der Waals surface area contributed by atoms with Gasteiger partial charge in [-0.25, -0.2) is 0 Å². The van der Waals surface area contributed by atoms with Gasteiger partial charge in [-0.05, 0) is 36.8 Å². The lowest BCUT2D eigenvalue weighted by atomic mass is 10.1. The third-order valence-corrected chi connectivity index (χ3v) is 3.43. The number of hydrogen-bond donors (Lipinski definition) is 1. The van der Waals surface area contributed by atoms with E-state index >= 15 is 0 Å². The van der Waals surface area contributed by atoms with Crippen molar-refractivity contribution in [2.24, 2.45) is 5.73 Å². The first-order valence-corrected chi connectivity index (χ1v) is 6.74. The summed E-state index contributed by atoms with van der Waals surface area (Å²) in [7, 11) is 0. The maximum Gasteiger partial charge on any atom is 0.269 e. The van der Waals surface area contributed by atoms with Crippen LogP contribution < -0.4 is 10.5 Å². The van der Waals surface area contributed by atoms with E-state index in [1.807, 2.05) is 25.1 Å². The Morgan fingerprint density at radius 1 is 1.20 bits per heavy atom. The normalized spacial score (nSPS) is 11.9. The Bertz CT molecular complexity index is 627. The molecule has 2 aromatic carbocycles. The smallest absolute Gasteiger partial charge is 0.269 e. The lowest BCUT2D eigenvalue weighted by Gasteiger charge is -2.11. The minimum atomic E-state index is -0.447. The number of halogens is 1. The zero-order chi connectivity index (χ0) is 14.7. The van der Waals surface area contributed by atoms with Gasteiger partial charge < -0.3 is 10.5 Å². The molecule has 0 unspecified atom stereocenters. The lowest BCUT2D eigenvalue weighted by molar-refractivity contribution is -0.384. The summed E-state index contributed by atoms with van der Waals surface area (Å²) in [6.07, 6.45) is 0. The van der Waals surface area contributed by atoms with Crippen LogP contribution in [0.15, 0.2) is 46.9 Å². The highest BCUT2D eigenvalue weighted by molar-refractivity contribution is 9.10. The van der Waals surface area contributed by atoms with E-state index < -0.39 is 4.92 Å². The Hall–Kier alpha value is -1.92. The predicted molar refractivity (Wildman–Crippen MR) is 79.9 cm³/mol. The number of nitro groups is 1. The monoisotopic (exact) mass is 336 g/mol. The van der Waals surface area contributed by atoms with Crippen molar-refractivity contribution in [3.8, 4) is 11.5 Å². The van der Waals surface area contributed by atoms with Crippen LogP contribution in [0.25, 0.3) is 0 Å². The number of nitrogens with two attached hydrogens (primary N) is 1. The number of non-ortho nitro benzene ring substituents is 1. The summed E-state index contributed by atoms with van der Waals surface area (Å²) in [5.41, 5.74) is 6.85. The van der Waals surface area contributed by atoms with Crippen molar-refractivity contribution in [3.63, 3.8) is 0 Å². The molecule has 0 bridgehead atoms. The van der Waals surface area contributed by atoms with Crippen LogP contribution in [0.5, 0.6) is 11.5 Å². The second kappa shape index (κ2) is 6.02. The van der Waals surface area contributed by atoms with Crippen LogP contribution in [0, 0.1) is 10.1 Å². The Labute approximate surface area is 124 Å². The minimum absolute atomic E-state index is 0.0332. The number of ether oxygens (including phenoxy) is 1. The zero-order valence-corrected chi connectivity index (χ0v) is 12.3. The summed E-state index contributed by atoms with van der Waals surface area (Å²) in [6, 6.07) is 11.4. The molecule has 2 rings (SSSR count). The first kappa shape index (κ1) is 14.5. The van der Waals surface area contributed by atoms with Gasteiger partial charge in [0, 0.05) is 22.6 Å². The summed E-state index contributed by atoms with van der Waals surface area (Å²) in [6.45, 7) is 1.90. The average molecular weight is 337 g/mol. The molecule has 0 heterocycles. The van der Waals surface area contributed by atoms with Gasteiger partial charge in [0.2, 0.25) is 0 Å². The van der Waals surface area contributed by atoms with Crippen molar-refractivity contribution in [2.75, 3.05) is 0 Å². The topological polar surface area (TPSA) is 78.4 Å². The number of hydrogen-bond acceptors (Lipinski definition) is 4. The SMILES string of the molecule is C[C@@H](N)c1ccc(Oc2ccc([N+](=O)[O-])cc2)cc1Br. The zero-order valence-electron chi connectivity index (χ0n) is 10.7. The Balaban J connectivity index is 2.17. The quantitative estimate of drug-likeness (QED) is 0.671.